The van der Waals surface area contributed by atoms with E-state index in [0.717, 1.165) is 11.4 Å². The molecule has 0 atom stereocenters. The SMILES string of the molecule is c1ccc(N(c2ccc3ccc4sc5ccccc5c4c3c2)c2cccc3ccc4c5ccccc5ccc4c23)cc1. The first-order valence-electron chi connectivity index (χ1n) is 14.4. The van der Waals surface area contributed by atoms with E-state index in [4.69, 9.17) is 0 Å². The molecule has 0 saturated heterocycles. The fourth-order valence-electron chi connectivity index (χ4n) is 6.72. The monoisotopic (exact) mass is 551 g/mol. The van der Waals surface area contributed by atoms with E-state index in [1.807, 2.05) is 11.3 Å². The fourth-order valence-corrected chi connectivity index (χ4v) is 7.84. The van der Waals surface area contributed by atoms with E-state index in [2.05, 4.69) is 157 Å². The summed E-state index contributed by atoms with van der Waals surface area (Å²) in [4.78, 5) is 2.43. The van der Waals surface area contributed by atoms with Gasteiger partial charge in [-0.25, -0.2) is 0 Å². The Morgan fingerprint density at radius 3 is 1.98 bits per heavy atom. The highest BCUT2D eigenvalue weighted by atomic mass is 32.1. The average molecular weight is 552 g/mol. The van der Waals surface area contributed by atoms with Crippen LogP contribution in [0.5, 0.6) is 0 Å². The van der Waals surface area contributed by atoms with Crippen molar-refractivity contribution in [1.29, 1.82) is 0 Å². The second-order valence-corrected chi connectivity index (χ2v) is 12.0. The van der Waals surface area contributed by atoms with E-state index >= 15 is 0 Å². The molecule has 2 heteroatoms. The summed E-state index contributed by atoms with van der Waals surface area (Å²) >= 11 is 1.87. The number of nitrogens with zero attached hydrogens (tertiary/aromatic N) is 1. The molecule has 0 spiro atoms. The minimum atomic E-state index is 1.14. The van der Waals surface area contributed by atoms with E-state index in [1.54, 1.807) is 0 Å². The van der Waals surface area contributed by atoms with Crippen molar-refractivity contribution < 1.29 is 0 Å². The van der Waals surface area contributed by atoms with Gasteiger partial charge in [0.15, 0.2) is 0 Å². The summed E-state index contributed by atoms with van der Waals surface area (Å²) in [7, 11) is 0. The van der Waals surface area contributed by atoms with Crippen molar-refractivity contribution in [2.45, 2.75) is 0 Å². The quantitative estimate of drug-likeness (QED) is 0.197. The van der Waals surface area contributed by atoms with Crippen molar-refractivity contribution >= 4 is 91.7 Å². The van der Waals surface area contributed by atoms with Crippen LogP contribution < -0.4 is 4.90 Å². The van der Waals surface area contributed by atoms with E-state index in [-0.39, 0.29) is 0 Å². The van der Waals surface area contributed by atoms with Gasteiger partial charge in [-0.2, -0.15) is 0 Å². The second kappa shape index (κ2) is 9.17. The number of rotatable bonds is 3. The first-order chi connectivity index (χ1) is 20.8. The fraction of sp³-hybridized carbons (Fsp3) is 0. The Morgan fingerprint density at radius 2 is 1.05 bits per heavy atom. The Morgan fingerprint density at radius 1 is 0.357 bits per heavy atom. The van der Waals surface area contributed by atoms with Crippen molar-refractivity contribution in [2.24, 2.45) is 0 Å². The van der Waals surface area contributed by atoms with Crippen LogP contribution in [0.25, 0.3) is 63.3 Å². The molecule has 1 nitrogen and oxygen atoms in total. The minimum Gasteiger partial charge on any atom is -0.310 e. The molecule has 9 aromatic rings. The summed E-state index contributed by atoms with van der Waals surface area (Å²) in [6.07, 6.45) is 0. The number of hydrogen-bond donors (Lipinski definition) is 0. The highest BCUT2D eigenvalue weighted by Gasteiger charge is 2.19. The summed E-state index contributed by atoms with van der Waals surface area (Å²) in [6.45, 7) is 0. The van der Waals surface area contributed by atoms with Gasteiger partial charge < -0.3 is 4.90 Å². The Kier molecular flexibility index (Phi) is 5.13. The zero-order valence-electron chi connectivity index (χ0n) is 22.8. The maximum Gasteiger partial charge on any atom is 0.0546 e. The molecule has 9 rings (SSSR count). The van der Waals surface area contributed by atoms with Crippen LogP contribution in [0, 0.1) is 0 Å². The van der Waals surface area contributed by atoms with Gasteiger partial charge in [-0.3, -0.25) is 0 Å². The molecular formula is C40H25NS. The molecule has 196 valence electrons. The van der Waals surface area contributed by atoms with Crippen molar-refractivity contribution in [3.05, 3.63) is 152 Å². The van der Waals surface area contributed by atoms with Crippen LogP contribution >= 0.6 is 11.3 Å². The maximum absolute atomic E-state index is 2.43. The van der Waals surface area contributed by atoms with Crippen LogP contribution in [0.15, 0.2) is 152 Å². The van der Waals surface area contributed by atoms with E-state index in [1.165, 1.54) is 68.9 Å². The van der Waals surface area contributed by atoms with Gasteiger partial charge in [0.1, 0.15) is 0 Å². The standard InChI is InChI=1S/C40H25NS/c1-2-11-29(12-3-1)41(30-21-17-27-20-24-38-40(35(27)25-30)34-14-6-7-16-37(34)42-38)36-15-8-10-28-19-22-32-31-13-5-4-9-26(31)18-23-33(32)39(28)36/h1-25H. The third-order valence-corrected chi connectivity index (χ3v) is 9.74. The Balaban J connectivity index is 1.38. The second-order valence-electron chi connectivity index (χ2n) is 10.9. The lowest BCUT2D eigenvalue weighted by Crippen LogP contribution is -2.10. The zero-order chi connectivity index (χ0) is 27.6. The molecule has 0 aliphatic carbocycles. The molecule has 0 radical (unpaired) electrons. The summed E-state index contributed by atoms with van der Waals surface area (Å²) in [5.74, 6) is 0. The molecule has 0 fully saturated rings. The molecule has 0 bridgehead atoms. The maximum atomic E-state index is 2.43. The highest BCUT2D eigenvalue weighted by molar-refractivity contribution is 7.26. The summed E-state index contributed by atoms with van der Waals surface area (Å²) in [5.41, 5.74) is 3.48. The highest BCUT2D eigenvalue weighted by Crippen LogP contribution is 2.45. The smallest absolute Gasteiger partial charge is 0.0546 e. The summed E-state index contributed by atoms with van der Waals surface area (Å²) in [5, 5.41) is 12.8. The number of anilines is 3. The van der Waals surface area contributed by atoms with Crippen molar-refractivity contribution in [3.8, 4) is 0 Å². The average Bonchev–Trinajstić information content (AvgIpc) is 3.44. The minimum absolute atomic E-state index is 1.14. The molecule has 0 aliphatic heterocycles. The van der Waals surface area contributed by atoms with Gasteiger partial charge in [0.05, 0.1) is 5.69 Å². The Bertz CT molecular complexity index is 2470. The Hall–Kier alpha value is -5.18. The molecule has 1 aromatic heterocycles. The lowest BCUT2D eigenvalue weighted by Gasteiger charge is -2.28. The van der Waals surface area contributed by atoms with Gasteiger partial charge in [-0.05, 0) is 80.2 Å². The van der Waals surface area contributed by atoms with Crippen molar-refractivity contribution in [2.75, 3.05) is 4.90 Å². The van der Waals surface area contributed by atoms with Crippen LogP contribution in [-0.2, 0) is 0 Å². The molecule has 0 saturated carbocycles. The predicted molar refractivity (Wildman–Crippen MR) is 184 cm³/mol. The van der Waals surface area contributed by atoms with Crippen LogP contribution in [-0.4, -0.2) is 0 Å². The topological polar surface area (TPSA) is 3.24 Å². The van der Waals surface area contributed by atoms with Gasteiger partial charge >= 0.3 is 0 Å². The third kappa shape index (κ3) is 3.49. The van der Waals surface area contributed by atoms with Crippen molar-refractivity contribution in [3.63, 3.8) is 0 Å². The Labute approximate surface area is 247 Å². The molecular weight excluding hydrogens is 527 g/mol. The number of hydrogen-bond acceptors (Lipinski definition) is 2. The largest absolute Gasteiger partial charge is 0.310 e. The molecule has 0 N–H and O–H groups in total. The zero-order valence-corrected chi connectivity index (χ0v) is 23.6. The lowest BCUT2D eigenvalue weighted by molar-refractivity contribution is 1.31. The number of para-hydroxylation sites is 1. The van der Waals surface area contributed by atoms with Gasteiger partial charge in [0, 0.05) is 36.9 Å². The molecule has 0 aliphatic rings. The van der Waals surface area contributed by atoms with Crippen molar-refractivity contribution in [1.82, 2.24) is 0 Å². The molecule has 1 heterocycles. The lowest BCUT2D eigenvalue weighted by atomic mass is 9.95. The van der Waals surface area contributed by atoms with Crippen LogP contribution in [0.2, 0.25) is 0 Å². The van der Waals surface area contributed by atoms with Crippen LogP contribution in [0.1, 0.15) is 0 Å². The van der Waals surface area contributed by atoms with Gasteiger partial charge in [0.2, 0.25) is 0 Å². The van der Waals surface area contributed by atoms with Gasteiger partial charge in [-0.1, -0.05) is 109 Å². The van der Waals surface area contributed by atoms with E-state index < -0.39 is 0 Å². The molecule has 0 unspecified atom stereocenters. The molecule has 42 heavy (non-hydrogen) atoms. The summed E-state index contributed by atoms with van der Waals surface area (Å²) < 4.78 is 2.66. The summed E-state index contributed by atoms with van der Waals surface area (Å²) in [6, 6.07) is 55.5. The normalized spacial score (nSPS) is 11.8. The third-order valence-electron chi connectivity index (χ3n) is 8.60. The van der Waals surface area contributed by atoms with Gasteiger partial charge in [-0.15, -0.1) is 11.3 Å². The molecule has 0 amide bonds. The van der Waals surface area contributed by atoms with Crippen LogP contribution in [0.4, 0.5) is 17.1 Å². The van der Waals surface area contributed by atoms with Crippen LogP contribution in [0.3, 0.4) is 0 Å². The predicted octanol–water partition coefficient (Wildman–Crippen LogP) is 12.1. The number of fused-ring (bicyclic) bond motifs is 10. The van der Waals surface area contributed by atoms with Gasteiger partial charge in [0.25, 0.3) is 0 Å². The number of benzene rings is 8. The first kappa shape index (κ1) is 23.5. The van der Waals surface area contributed by atoms with E-state index in [0.29, 0.717) is 0 Å². The first-order valence-corrected chi connectivity index (χ1v) is 15.2. The number of thiophene rings is 1. The molecule has 8 aromatic carbocycles. The van der Waals surface area contributed by atoms with E-state index in [9.17, 15) is 0 Å².